The topological polar surface area (TPSA) is 50.9 Å². The zero-order valence-corrected chi connectivity index (χ0v) is 44.5. The number of imidazole rings is 1. The zero-order chi connectivity index (χ0) is 48.3. The van der Waals surface area contributed by atoms with Crippen LogP contribution in [0.4, 0.5) is 0 Å². The van der Waals surface area contributed by atoms with E-state index in [0.717, 1.165) is 83.6 Å². The largest absolute Gasteiger partial charge is 0.507 e. The molecule has 5 heteroatoms. The quantitative estimate of drug-likeness (QED) is 0.154. The van der Waals surface area contributed by atoms with E-state index in [1.807, 2.05) is 6.20 Å². The van der Waals surface area contributed by atoms with Gasteiger partial charge in [0, 0.05) is 38.5 Å². The molecule has 69 heavy (non-hydrogen) atoms. The smallest absolute Gasteiger partial charge is 0.148 e. The summed E-state index contributed by atoms with van der Waals surface area (Å²) in [6.07, 6.45) is 1.89. The van der Waals surface area contributed by atoms with E-state index in [1.54, 1.807) is 0 Å². The number of aryl methyl sites for hydroxylation is 1. The molecular weight excluding hydrogens is 1020 g/mol. The molecule has 2 aromatic heterocycles. The maximum Gasteiger partial charge on any atom is 0.148 e. The first kappa shape index (κ1) is 49.1. The molecule has 0 radical (unpaired) electrons. The van der Waals surface area contributed by atoms with Crippen molar-refractivity contribution in [2.45, 2.75) is 105 Å². The third-order valence-corrected chi connectivity index (χ3v) is 13.4. The Bertz CT molecular complexity index is 3300. The van der Waals surface area contributed by atoms with Crippen molar-refractivity contribution in [2.24, 2.45) is 0 Å². The van der Waals surface area contributed by atoms with Gasteiger partial charge in [-0.15, -0.1) is 23.8 Å². The van der Waals surface area contributed by atoms with Crippen LogP contribution < -0.4 is 0 Å². The minimum absolute atomic E-state index is 0. The summed E-state index contributed by atoms with van der Waals surface area (Å²) < 4.78 is 2.29. The molecule has 0 saturated heterocycles. The van der Waals surface area contributed by atoms with Gasteiger partial charge in [0.1, 0.15) is 11.6 Å². The number of hydrogen-bond acceptors (Lipinski definition) is 3. The fourth-order valence-corrected chi connectivity index (χ4v) is 9.17. The number of benzene rings is 7. The first-order valence-electron chi connectivity index (χ1n) is 24.1. The van der Waals surface area contributed by atoms with Gasteiger partial charge in [-0.3, -0.25) is 9.55 Å². The van der Waals surface area contributed by atoms with Crippen LogP contribution in [-0.4, -0.2) is 19.6 Å². The Kier molecular flexibility index (Phi) is 13.4. The number of phenolic OH excluding ortho intramolecular Hbond substituents is 1. The maximum atomic E-state index is 12.5. The second-order valence-corrected chi connectivity index (χ2v) is 22.0. The summed E-state index contributed by atoms with van der Waals surface area (Å²) >= 11 is 0. The summed E-state index contributed by atoms with van der Waals surface area (Å²) in [6, 6.07) is 58.4. The predicted octanol–water partition coefficient (Wildman–Crippen LogP) is 17.3. The van der Waals surface area contributed by atoms with Crippen LogP contribution in [0.25, 0.3) is 83.9 Å². The number of nitrogens with zero attached hydrogens (tertiary/aromatic N) is 3. The average molecular weight is 1090 g/mol. The molecule has 0 atom stereocenters. The Hall–Kier alpha value is -6.35. The van der Waals surface area contributed by atoms with Crippen molar-refractivity contribution in [2.75, 3.05) is 0 Å². The minimum atomic E-state index is -0.184. The number of aromatic hydroxyl groups is 1. The van der Waals surface area contributed by atoms with Gasteiger partial charge >= 0.3 is 0 Å². The van der Waals surface area contributed by atoms with E-state index in [0.29, 0.717) is 11.4 Å². The third-order valence-electron chi connectivity index (χ3n) is 13.4. The molecule has 0 unspecified atom stereocenters. The third kappa shape index (κ3) is 9.93. The Morgan fingerprint density at radius 2 is 1.13 bits per heavy atom. The number of phenols is 1. The molecule has 2 heterocycles. The summed E-state index contributed by atoms with van der Waals surface area (Å²) in [5.74, 6) is 1.02. The number of rotatable bonds is 8. The van der Waals surface area contributed by atoms with Crippen molar-refractivity contribution in [3.05, 3.63) is 192 Å². The Balaban J connectivity index is 0.00000642. The standard InChI is InChI=1S/C64H64N3O.Pt/c1-40(2)53-38-51(64(10,11)12)39-55(60(53)68)61-66-59-52(19-16-20-58(59)67(61)57-30-29-50(63(7,8)9)37-54(57)44-25-27-49(28-26-44)62(4,5)6)47-33-46(42-17-14-13-15-18-42)34-48(35-47)56-36-45(31-32-65-56)43-23-21-41(3)22-24-43;/h13-34,36-40,68H,1-12H3;/q-1;. The molecule has 0 aliphatic rings. The molecule has 4 nitrogen and oxygen atoms in total. The number of pyridine rings is 1. The Morgan fingerprint density at radius 1 is 0.522 bits per heavy atom. The summed E-state index contributed by atoms with van der Waals surface area (Å²) in [5, 5.41) is 12.5. The van der Waals surface area contributed by atoms with E-state index in [4.69, 9.17) is 9.97 Å². The van der Waals surface area contributed by atoms with Gasteiger partial charge in [-0.05, 0) is 104 Å². The normalized spacial score (nSPS) is 12.1. The molecule has 0 aliphatic heterocycles. The molecule has 0 fully saturated rings. The van der Waals surface area contributed by atoms with Gasteiger partial charge in [0.05, 0.1) is 22.3 Å². The van der Waals surface area contributed by atoms with Crippen molar-refractivity contribution in [3.8, 4) is 78.6 Å². The van der Waals surface area contributed by atoms with Gasteiger partial charge in [0.25, 0.3) is 0 Å². The molecule has 9 aromatic rings. The van der Waals surface area contributed by atoms with Crippen LogP contribution in [0.5, 0.6) is 5.75 Å². The van der Waals surface area contributed by atoms with Crippen LogP contribution in [0.15, 0.2) is 158 Å². The predicted molar refractivity (Wildman–Crippen MR) is 287 cm³/mol. The summed E-state index contributed by atoms with van der Waals surface area (Å²) in [5.41, 5.74) is 19.1. The SMILES string of the molecule is Cc1ccc(-c2ccnc(-c3[c-]c(-c4cccc5c4nc(-c4cc(C(C)(C)C)cc(C(C)C)c4O)n5-c4ccc(C(C)(C)C)cc4-c4ccc(C(C)(C)C)cc4)cc(-c4ccccc4)c3)c2)cc1.[Pt]. The van der Waals surface area contributed by atoms with Crippen LogP contribution in [0, 0.1) is 13.0 Å². The van der Waals surface area contributed by atoms with E-state index >= 15 is 0 Å². The van der Waals surface area contributed by atoms with E-state index in [-0.39, 0.29) is 49.0 Å². The summed E-state index contributed by atoms with van der Waals surface area (Å²) in [4.78, 5) is 10.7. The van der Waals surface area contributed by atoms with E-state index in [1.165, 1.54) is 16.7 Å². The molecule has 0 aliphatic carbocycles. The Labute approximate surface area is 424 Å². The molecule has 0 spiro atoms. The molecule has 0 bridgehead atoms. The van der Waals surface area contributed by atoms with Gasteiger partial charge in [-0.1, -0.05) is 208 Å². The summed E-state index contributed by atoms with van der Waals surface area (Å²) in [6.45, 7) is 26.7. The van der Waals surface area contributed by atoms with Crippen LogP contribution in [0.2, 0.25) is 0 Å². The van der Waals surface area contributed by atoms with E-state index in [9.17, 15) is 5.11 Å². The zero-order valence-electron chi connectivity index (χ0n) is 42.2. The van der Waals surface area contributed by atoms with Crippen LogP contribution in [-0.2, 0) is 37.3 Å². The first-order chi connectivity index (χ1) is 32.2. The number of hydrogen-bond donors (Lipinski definition) is 1. The monoisotopic (exact) mass is 1090 g/mol. The molecule has 7 aromatic carbocycles. The molecule has 9 rings (SSSR count). The minimum Gasteiger partial charge on any atom is -0.507 e. The van der Waals surface area contributed by atoms with Crippen molar-refractivity contribution in [1.82, 2.24) is 14.5 Å². The van der Waals surface area contributed by atoms with Crippen molar-refractivity contribution in [3.63, 3.8) is 0 Å². The molecular formula is C64H64N3OPt-. The second kappa shape index (κ2) is 18.9. The van der Waals surface area contributed by atoms with E-state index in [2.05, 4.69) is 245 Å². The molecule has 0 amide bonds. The maximum absolute atomic E-state index is 12.5. The number of fused-ring (bicyclic) bond motifs is 1. The fourth-order valence-electron chi connectivity index (χ4n) is 9.17. The van der Waals surface area contributed by atoms with Crippen LogP contribution in [0.1, 0.15) is 110 Å². The van der Waals surface area contributed by atoms with Crippen LogP contribution >= 0.6 is 0 Å². The van der Waals surface area contributed by atoms with E-state index < -0.39 is 0 Å². The van der Waals surface area contributed by atoms with Gasteiger partial charge in [0.2, 0.25) is 0 Å². The second-order valence-electron chi connectivity index (χ2n) is 22.0. The first-order valence-corrected chi connectivity index (χ1v) is 24.1. The number of aromatic nitrogens is 3. The molecule has 1 N–H and O–H groups in total. The van der Waals surface area contributed by atoms with Crippen molar-refractivity contribution < 1.29 is 26.2 Å². The fraction of sp³-hybridized carbons (Fsp3) is 0.250. The van der Waals surface area contributed by atoms with Crippen LogP contribution in [0.3, 0.4) is 0 Å². The van der Waals surface area contributed by atoms with Gasteiger partial charge in [-0.2, -0.15) is 0 Å². The van der Waals surface area contributed by atoms with Crippen molar-refractivity contribution >= 4 is 11.0 Å². The average Bonchev–Trinajstić information content (AvgIpc) is 3.70. The van der Waals surface area contributed by atoms with Crippen molar-refractivity contribution in [1.29, 1.82) is 0 Å². The summed E-state index contributed by atoms with van der Waals surface area (Å²) in [7, 11) is 0. The van der Waals surface area contributed by atoms with Gasteiger partial charge < -0.3 is 5.11 Å². The Morgan fingerprint density at radius 3 is 1.78 bits per heavy atom. The molecule has 352 valence electrons. The van der Waals surface area contributed by atoms with Gasteiger partial charge in [-0.25, -0.2) is 4.98 Å². The van der Waals surface area contributed by atoms with Gasteiger partial charge in [0.15, 0.2) is 0 Å². The number of para-hydroxylation sites is 1. The molecule has 0 saturated carbocycles.